The van der Waals surface area contributed by atoms with Gasteiger partial charge < -0.3 is 15.4 Å². The van der Waals surface area contributed by atoms with E-state index < -0.39 is 5.54 Å². The number of nitrogens with two attached hydrogens (primary N) is 1. The molecule has 1 aliphatic heterocycles. The molecule has 2 unspecified atom stereocenters. The number of rotatable bonds is 6. The summed E-state index contributed by atoms with van der Waals surface area (Å²) < 4.78 is 5.31. The topological polar surface area (TPSA) is 62.3 Å². The Balaban J connectivity index is 2.19. The number of nitrogens with zero attached hydrogens (tertiary/aromatic N) is 2. The van der Waals surface area contributed by atoms with E-state index in [1.54, 1.807) is 7.11 Å². The zero-order valence-electron chi connectivity index (χ0n) is 10.4. The van der Waals surface area contributed by atoms with Crippen LogP contribution >= 0.6 is 0 Å². The first-order valence-corrected chi connectivity index (χ1v) is 6.09. The standard InChI is InChI=1S/C12H23N3O/c1-3-12(14,10-13)6-4-7-15-8-5-11(9-15)16-2/h11H,3-9,14H2,1-2H3. The molecule has 1 heterocycles. The molecule has 1 aliphatic rings. The first kappa shape index (κ1) is 13.4. The van der Waals surface area contributed by atoms with E-state index in [1.165, 1.54) is 0 Å². The van der Waals surface area contributed by atoms with Crippen LogP contribution in [0, 0.1) is 11.3 Å². The largest absolute Gasteiger partial charge is 0.380 e. The Bertz CT molecular complexity index is 251. The highest BCUT2D eigenvalue weighted by atomic mass is 16.5. The summed E-state index contributed by atoms with van der Waals surface area (Å²) in [5, 5.41) is 8.95. The van der Waals surface area contributed by atoms with Crippen LogP contribution in [0.5, 0.6) is 0 Å². The Morgan fingerprint density at radius 1 is 1.62 bits per heavy atom. The van der Waals surface area contributed by atoms with Crippen LogP contribution in [-0.4, -0.2) is 43.3 Å². The normalized spacial score (nSPS) is 25.2. The fourth-order valence-corrected chi connectivity index (χ4v) is 2.12. The van der Waals surface area contributed by atoms with Crippen LogP contribution in [0.1, 0.15) is 32.6 Å². The van der Waals surface area contributed by atoms with Crippen LogP contribution in [-0.2, 0) is 4.74 Å². The van der Waals surface area contributed by atoms with Crippen molar-refractivity contribution in [3.05, 3.63) is 0 Å². The molecule has 0 aromatic heterocycles. The van der Waals surface area contributed by atoms with Crippen molar-refractivity contribution in [1.29, 1.82) is 5.26 Å². The van der Waals surface area contributed by atoms with Gasteiger partial charge in [0.1, 0.15) is 5.54 Å². The van der Waals surface area contributed by atoms with Crippen LogP contribution in [0.4, 0.5) is 0 Å². The zero-order chi connectivity index (χ0) is 12.0. The Morgan fingerprint density at radius 3 is 2.88 bits per heavy atom. The number of methoxy groups -OCH3 is 1. The maximum absolute atomic E-state index is 8.95. The maximum atomic E-state index is 8.95. The molecule has 4 nitrogen and oxygen atoms in total. The number of nitriles is 1. The minimum Gasteiger partial charge on any atom is -0.380 e. The molecule has 1 saturated heterocycles. The van der Waals surface area contributed by atoms with E-state index >= 15 is 0 Å². The van der Waals surface area contributed by atoms with Crippen molar-refractivity contribution in [2.75, 3.05) is 26.7 Å². The smallest absolute Gasteiger partial charge is 0.104 e. The van der Waals surface area contributed by atoms with Gasteiger partial charge in [0, 0.05) is 20.2 Å². The summed E-state index contributed by atoms with van der Waals surface area (Å²) in [6.45, 7) is 5.13. The molecule has 0 amide bonds. The Kier molecular flexibility index (Phi) is 5.20. The van der Waals surface area contributed by atoms with Gasteiger partial charge in [0.25, 0.3) is 0 Å². The molecule has 0 radical (unpaired) electrons. The van der Waals surface area contributed by atoms with E-state index in [9.17, 15) is 0 Å². The number of hydrogen-bond acceptors (Lipinski definition) is 4. The van der Waals surface area contributed by atoms with Gasteiger partial charge in [-0.05, 0) is 32.2 Å². The summed E-state index contributed by atoms with van der Waals surface area (Å²) in [6, 6.07) is 2.21. The minimum atomic E-state index is -0.625. The van der Waals surface area contributed by atoms with Crippen molar-refractivity contribution in [2.24, 2.45) is 5.73 Å². The third kappa shape index (κ3) is 3.75. The summed E-state index contributed by atoms with van der Waals surface area (Å²) in [5.41, 5.74) is 5.31. The summed E-state index contributed by atoms with van der Waals surface area (Å²) in [5.74, 6) is 0. The van der Waals surface area contributed by atoms with E-state index in [1.807, 2.05) is 6.92 Å². The monoisotopic (exact) mass is 225 g/mol. The lowest BCUT2D eigenvalue weighted by Crippen LogP contribution is -2.38. The maximum Gasteiger partial charge on any atom is 0.104 e. The summed E-state index contributed by atoms with van der Waals surface area (Å²) >= 11 is 0. The average molecular weight is 225 g/mol. The van der Waals surface area contributed by atoms with Crippen molar-refractivity contribution in [1.82, 2.24) is 4.90 Å². The van der Waals surface area contributed by atoms with Gasteiger partial charge in [0.2, 0.25) is 0 Å². The van der Waals surface area contributed by atoms with Gasteiger partial charge in [-0.1, -0.05) is 6.92 Å². The molecule has 0 aromatic rings. The lowest BCUT2D eigenvalue weighted by molar-refractivity contribution is 0.108. The number of likely N-dealkylation sites (tertiary alicyclic amines) is 1. The highest BCUT2D eigenvalue weighted by Crippen LogP contribution is 2.16. The fourth-order valence-electron chi connectivity index (χ4n) is 2.12. The fraction of sp³-hybridized carbons (Fsp3) is 0.917. The minimum absolute atomic E-state index is 0.393. The van der Waals surface area contributed by atoms with Crippen molar-refractivity contribution in [3.63, 3.8) is 0 Å². The highest BCUT2D eigenvalue weighted by molar-refractivity contribution is 5.03. The van der Waals surface area contributed by atoms with Gasteiger partial charge in [-0.15, -0.1) is 0 Å². The average Bonchev–Trinajstić information content (AvgIpc) is 2.77. The third-order valence-electron chi connectivity index (χ3n) is 3.51. The van der Waals surface area contributed by atoms with Crippen LogP contribution in [0.2, 0.25) is 0 Å². The Morgan fingerprint density at radius 2 is 2.38 bits per heavy atom. The second kappa shape index (κ2) is 6.19. The van der Waals surface area contributed by atoms with E-state index in [0.717, 1.165) is 45.3 Å². The summed E-state index contributed by atoms with van der Waals surface area (Å²) in [4.78, 5) is 2.39. The van der Waals surface area contributed by atoms with E-state index in [2.05, 4.69) is 11.0 Å². The molecular weight excluding hydrogens is 202 g/mol. The molecule has 16 heavy (non-hydrogen) atoms. The SMILES string of the molecule is CCC(N)(C#N)CCCN1CCC(OC)C1. The van der Waals surface area contributed by atoms with Crippen molar-refractivity contribution >= 4 is 0 Å². The van der Waals surface area contributed by atoms with Crippen LogP contribution in [0.15, 0.2) is 0 Å². The van der Waals surface area contributed by atoms with Crippen molar-refractivity contribution in [2.45, 2.75) is 44.2 Å². The van der Waals surface area contributed by atoms with Crippen LogP contribution < -0.4 is 5.73 Å². The second-order valence-electron chi connectivity index (χ2n) is 4.67. The molecule has 0 aliphatic carbocycles. The molecule has 0 bridgehead atoms. The van der Waals surface area contributed by atoms with E-state index in [4.69, 9.17) is 15.7 Å². The quantitative estimate of drug-likeness (QED) is 0.736. The van der Waals surface area contributed by atoms with Gasteiger partial charge in [-0.25, -0.2) is 0 Å². The molecule has 0 aromatic carbocycles. The molecular formula is C12H23N3O. The Labute approximate surface area is 98.4 Å². The lowest BCUT2D eigenvalue weighted by atomic mass is 9.93. The highest BCUT2D eigenvalue weighted by Gasteiger charge is 2.24. The lowest BCUT2D eigenvalue weighted by Gasteiger charge is -2.21. The number of hydrogen-bond donors (Lipinski definition) is 1. The zero-order valence-corrected chi connectivity index (χ0v) is 10.4. The number of ether oxygens (including phenoxy) is 1. The van der Waals surface area contributed by atoms with E-state index in [-0.39, 0.29) is 0 Å². The van der Waals surface area contributed by atoms with Gasteiger partial charge in [-0.3, -0.25) is 0 Å². The summed E-state index contributed by atoms with van der Waals surface area (Å²) in [7, 11) is 1.77. The molecule has 0 saturated carbocycles. The Hall–Kier alpha value is -0.630. The first-order chi connectivity index (χ1) is 7.63. The van der Waals surface area contributed by atoms with Gasteiger partial charge in [0.15, 0.2) is 0 Å². The summed E-state index contributed by atoms with van der Waals surface area (Å²) in [6.07, 6.45) is 4.02. The van der Waals surface area contributed by atoms with Gasteiger partial charge in [0.05, 0.1) is 12.2 Å². The van der Waals surface area contributed by atoms with Crippen molar-refractivity contribution < 1.29 is 4.74 Å². The third-order valence-corrected chi connectivity index (χ3v) is 3.51. The van der Waals surface area contributed by atoms with Gasteiger partial charge in [-0.2, -0.15) is 5.26 Å². The molecule has 1 fully saturated rings. The van der Waals surface area contributed by atoms with Crippen LogP contribution in [0.3, 0.4) is 0 Å². The van der Waals surface area contributed by atoms with Crippen molar-refractivity contribution in [3.8, 4) is 6.07 Å². The first-order valence-electron chi connectivity index (χ1n) is 6.09. The van der Waals surface area contributed by atoms with Gasteiger partial charge >= 0.3 is 0 Å². The molecule has 0 spiro atoms. The molecule has 4 heteroatoms. The molecule has 92 valence electrons. The predicted octanol–water partition coefficient (Wildman–Crippen LogP) is 1.12. The molecule has 1 rings (SSSR count). The second-order valence-corrected chi connectivity index (χ2v) is 4.67. The molecule has 2 N–H and O–H groups in total. The van der Waals surface area contributed by atoms with E-state index in [0.29, 0.717) is 6.10 Å². The van der Waals surface area contributed by atoms with Crippen LogP contribution in [0.25, 0.3) is 0 Å². The molecule has 2 atom stereocenters. The predicted molar refractivity (Wildman–Crippen MR) is 63.9 cm³/mol.